The number of benzene rings is 2. The van der Waals surface area contributed by atoms with Crippen LogP contribution in [0.5, 0.6) is 11.5 Å². The lowest BCUT2D eigenvalue weighted by atomic mass is 10.2. The molecule has 2 aromatic carbocycles. The molecule has 0 aliphatic carbocycles. The molecular weight excluding hydrogens is 274 g/mol. The van der Waals surface area contributed by atoms with Crippen LogP contribution >= 0.6 is 11.6 Å². The van der Waals surface area contributed by atoms with E-state index in [1.165, 1.54) is 0 Å². The van der Waals surface area contributed by atoms with Crippen LogP contribution in [0, 0.1) is 0 Å². The molecule has 1 heterocycles. The molecule has 0 saturated carbocycles. The highest BCUT2D eigenvalue weighted by atomic mass is 35.5. The van der Waals surface area contributed by atoms with E-state index in [-0.39, 0.29) is 6.61 Å². The van der Waals surface area contributed by atoms with E-state index in [9.17, 15) is 5.11 Å². The number of halogens is 1. The summed E-state index contributed by atoms with van der Waals surface area (Å²) in [6.07, 6.45) is 0. The van der Waals surface area contributed by atoms with Crippen LogP contribution in [0.1, 0.15) is 5.69 Å². The van der Waals surface area contributed by atoms with Crippen molar-refractivity contribution in [3.8, 4) is 11.5 Å². The molecule has 3 nitrogen and oxygen atoms in total. The number of aliphatic hydroxyl groups excluding tert-OH is 1. The molecule has 1 N–H and O–H groups in total. The number of rotatable bonds is 3. The van der Waals surface area contributed by atoms with Crippen molar-refractivity contribution in [1.82, 2.24) is 4.57 Å². The zero-order valence-electron chi connectivity index (χ0n) is 11.0. The van der Waals surface area contributed by atoms with Crippen molar-refractivity contribution in [3.05, 3.63) is 59.2 Å². The van der Waals surface area contributed by atoms with Gasteiger partial charge in [-0.15, -0.1) is 0 Å². The van der Waals surface area contributed by atoms with Gasteiger partial charge in [0.2, 0.25) is 0 Å². The molecule has 3 aromatic rings. The van der Waals surface area contributed by atoms with E-state index in [4.69, 9.17) is 16.3 Å². The standard InChI is InChI=1S/C16H14ClNO2/c1-18-12(10-19)9-14-15(18)6-3-7-16(14)20-13-5-2-4-11(17)8-13/h2-9,19H,10H2,1H3. The average Bonchev–Trinajstić information content (AvgIpc) is 2.77. The predicted octanol–water partition coefficient (Wildman–Crippen LogP) is 4.12. The van der Waals surface area contributed by atoms with Gasteiger partial charge in [0.1, 0.15) is 11.5 Å². The number of aliphatic hydroxyl groups is 1. The minimum absolute atomic E-state index is 0.00177. The average molecular weight is 288 g/mol. The van der Waals surface area contributed by atoms with E-state index in [0.717, 1.165) is 22.3 Å². The van der Waals surface area contributed by atoms with Gasteiger partial charge >= 0.3 is 0 Å². The van der Waals surface area contributed by atoms with Gasteiger partial charge in [0, 0.05) is 23.2 Å². The van der Waals surface area contributed by atoms with Gasteiger partial charge in [0.05, 0.1) is 12.1 Å². The molecule has 0 fully saturated rings. The summed E-state index contributed by atoms with van der Waals surface area (Å²) in [6, 6.07) is 15.1. The Morgan fingerprint density at radius 1 is 1.15 bits per heavy atom. The molecule has 4 heteroatoms. The predicted molar refractivity (Wildman–Crippen MR) is 80.4 cm³/mol. The SMILES string of the molecule is Cn1c(CO)cc2c(Oc3cccc(Cl)c3)cccc21. The number of nitrogens with zero attached hydrogens (tertiary/aromatic N) is 1. The molecule has 0 saturated heterocycles. The maximum atomic E-state index is 9.36. The highest BCUT2D eigenvalue weighted by Crippen LogP contribution is 2.32. The van der Waals surface area contributed by atoms with Gasteiger partial charge in [-0.2, -0.15) is 0 Å². The smallest absolute Gasteiger partial charge is 0.136 e. The van der Waals surface area contributed by atoms with Crippen LogP contribution in [0.4, 0.5) is 0 Å². The molecule has 1 aromatic heterocycles. The second-order valence-corrected chi connectivity index (χ2v) is 5.04. The van der Waals surface area contributed by atoms with E-state index in [2.05, 4.69) is 0 Å². The van der Waals surface area contributed by atoms with E-state index in [0.29, 0.717) is 10.8 Å². The van der Waals surface area contributed by atoms with Crippen LogP contribution in [0.2, 0.25) is 5.02 Å². The van der Waals surface area contributed by atoms with Gasteiger partial charge in [0.15, 0.2) is 0 Å². The monoisotopic (exact) mass is 287 g/mol. The molecule has 20 heavy (non-hydrogen) atoms. The lowest BCUT2D eigenvalue weighted by Gasteiger charge is -2.07. The minimum Gasteiger partial charge on any atom is -0.457 e. The normalized spacial score (nSPS) is 10.9. The summed E-state index contributed by atoms with van der Waals surface area (Å²) < 4.78 is 7.86. The molecule has 102 valence electrons. The Labute approximate surface area is 122 Å². The zero-order valence-corrected chi connectivity index (χ0v) is 11.8. The Bertz CT molecular complexity index is 764. The second kappa shape index (κ2) is 5.19. The number of hydrogen-bond acceptors (Lipinski definition) is 2. The van der Waals surface area contributed by atoms with E-state index >= 15 is 0 Å². The fourth-order valence-corrected chi connectivity index (χ4v) is 2.47. The number of ether oxygens (including phenoxy) is 1. The molecule has 3 rings (SSSR count). The molecule has 0 unspecified atom stereocenters. The number of aromatic nitrogens is 1. The van der Waals surface area contributed by atoms with Gasteiger partial charge in [-0.1, -0.05) is 23.7 Å². The maximum absolute atomic E-state index is 9.36. The quantitative estimate of drug-likeness (QED) is 0.786. The van der Waals surface area contributed by atoms with Crippen molar-refractivity contribution in [2.75, 3.05) is 0 Å². The van der Waals surface area contributed by atoms with Crippen molar-refractivity contribution in [2.24, 2.45) is 7.05 Å². The first-order chi connectivity index (χ1) is 9.69. The van der Waals surface area contributed by atoms with Crippen LogP contribution in [0.3, 0.4) is 0 Å². The lowest BCUT2D eigenvalue weighted by Crippen LogP contribution is -1.94. The Kier molecular flexibility index (Phi) is 3.38. The summed E-state index contributed by atoms with van der Waals surface area (Å²) in [5, 5.41) is 11.0. The van der Waals surface area contributed by atoms with E-state index in [1.807, 2.05) is 48.0 Å². The summed E-state index contributed by atoms with van der Waals surface area (Å²) in [4.78, 5) is 0. The molecule has 0 atom stereocenters. The Morgan fingerprint density at radius 2 is 1.95 bits per heavy atom. The third kappa shape index (κ3) is 2.26. The van der Waals surface area contributed by atoms with Gasteiger partial charge in [-0.25, -0.2) is 0 Å². The highest BCUT2D eigenvalue weighted by molar-refractivity contribution is 6.30. The van der Waals surface area contributed by atoms with Gasteiger partial charge in [-0.3, -0.25) is 0 Å². The van der Waals surface area contributed by atoms with Crippen LogP contribution in [-0.2, 0) is 13.7 Å². The van der Waals surface area contributed by atoms with Crippen molar-refractivity contribution >= 4 is 22.5 Å². The Balaban J connectivity index is 2.08. The van der Waals surface area contributed by atoms with Crippen LogP contribution in [0.15, 0.2) is 48.5 Å². The van der Waals surface area contributed by atoms with Gasteiger partial charge in [0.25, 0.3) is 0 Å². The van der Waals surface area contributed by atoms with Crippen molar-refractivity contribution in [1.29, 1.82) is 0 Å². The maximum Gasteiger partial charge on any atom is 0.136 e. The Hall–Kier alpha value is -1.97. The molecule has 0 bridgehead atoms. The molecular formula is C16H14ClNO2. The summed E-state index contributed by atoms with van der Waals surface area (Å²) in [6.45, 7) is 0.00177. The molecule has 0 amide bonds. The first-order valence-corrected chi connectivity index (χ1v) is 6.68. The van der Waals surface area contributed by atoms with Crippen LogP contribution in [0.25, 0.3) is 10.9 Å². The zero-order chi connectivity index (χ0) is 14.1. The third-order valence-corrected chi connectivity index (χ3v) is 3.57. The van der Waals surface area contributed by atoms with Crippen molar-refractivity contribution in [2.45, 2.75) is 6.61 Å². The van der Waals surface area contributed by atoms with E-state index < -0.39 is 0 Å². The molecule has 0 aliphatic heterocycles. The molecule has 0 spiro atoms. The highest BCUT2D eigenvalue weighted by Gasteiger charge is 2.10. The topological polar surface area (TPSA) is 34.4 Å². The first kappa shape index (κ1) is 13.0. The number of hydrogen-bond donors (Lipinski definition) is 1. The second-order valence-electron chi connectivity index (χ2n) is 4.60. The van der Waals surface area contributed by atoms with Crippen molar-refractivity contribution in [3.63, 3.8) is 0 Å². The summed E-state index contributed by atoms with van der Waals surface area (Å²) in [5.41, 5.74) is 1.87. The number of fused-ring (bicyclic) bond motifs is 1. The summed E-state index contributed by atoms with van der Waals surface area (Å²) >= 11 is 5.96. The summed E-state index contributed by atoms with van der Waals surface area (Å²) in [7, 11) is 1.93. The third-order valence-electron chi connectivity index (χ3n) is 3.33. The fraction of sp³-hybridized carbons (Fsp3) is 0.125. The van der Waals surface area contributed by atoms with E-state index in [1.54, 1.807) is 12.1 Å². The Morgan fingerprint density at radius 3 is 2.70 bits per heavy atom. The van der Waals surface area contributed by atoms with Crippen molar-refractivity contribution < 1.29 is 9.84 Å². The molecule has 0 aliphatic rings. The van der Waals surface area contributed by atoms with Gasteiger partial charge < -0.3 is 14.4 Å². The minimum atomic E-state index is 0.00177. The lowest BCUT2D eigenvalue weighted by molar-refractivity contribution is 0.273. The summed E-state index contributed by atoms with van der Waals surface area (Å²) in [5.74, 6) is 1.44. The first-order valence-electron chi connectivity index (χ1n) is 6.30. The number of aryl methyl sites for hydroxylation is 1. The largest absolute Gasteiger partial charge is 0.457 e. The fourth-order valence-electron chi connectivity index (χ4n) is 2.29. The van der Waals surface area contributed by atoms with Gasteiger partial charge in [-0.05, 0) is 36.4 Å². The van der Waals surface area contributed by atoms with Crippen LogP contribution < -0.4 is 4.74 Å². The molecule has 0 radical (unpaired) electrons. The van der Waals surface area contributed by atoms with Crippen LogP contribution in [-0.4, -0.2) is 9.67 Å².